The molecule has 0 bridgehead atoms. The van der Waals surface area contributed by atoms with E-state index >= 15 is 0 Å². The highest BCUT2D eigenvalue weighted by Gasteiger charge is 2.44. The van der Waals surface area contributed by atoms with Crippen molar-refractivity contribution in [2.75, 3.05) is 11.9 Å². The van der Waals surface area contributed by atoms with E-state index in [4.69, 9.17) is 0 Å². The Hall–Kier alpha value is -2.37. The van der Waals surface area contributed by atoms with Crippen LogP contribution in [0, 0.1) is 0 Å². The molecule has 0 atom stereocenters. The van der Waals surface area contributed by atoms with E-state index in [1.165, 1.54) is 0 Å². The lowest BCUT2D eigenvalue weighted by atomic mass is 9.87. The minimum Gasteiger partial charge on any atom is -0.325 e. The van der Waals surface area contributed by atoms with Crippen LogP contribution in [-0.4, -0.2) is 34.8 Å². The number of rotatable bonds is 3. The second kappa shape index (κ2) is 5.68. The Morgan fingerprint density at radius 3 is 2.17 bits per heavy atom. The van der Waals surface area contributed by atoms with Gasteiger partial charge in [-0.25, -0.2) is 4.79 Å². The number of nitrogens with zero attached hydrogens (tertiary/aromatic N) is 1. The highest BCUT2D eigenvalue weighted by molar-refractivity contribution is 6.09. The van der Waals surface area contributed by atoms with Crippen LogP contribution in [0.25, 0.3) is 0 Å². The highest BCUT2D eigenvalue weighted by atomic mass is 16.2. The third kappa shape index (κ3) is 3.70. The van der Waals surface area contributed by atoms with Gasteiger partial charge in [-0.3, -0.25) is 14.5 Å². The number of amides is 4. The zero-order chi connectivity index (χ0) is 17.4. The molecular formula is C17H23N3O3. The molecule has 0 spiro atoms. The maximum Gasteiger partial charge on any atom is 0.325 e. The molecule has 1 aliphatic rings. The van der Waals surface area contributed by atoms with E-state index in [0.29, 0.717) is 5.69 Å². The van der Waals surface area contributed by atoms with Crippen molar-refractivity contribution < 1.29 is 14.4 Å². The molecule has 1 fully saturated rings. The zero-order valence-electron chi connectivity index (χ0n) is 14.2. The van der Waals surface area contributed by atoms with Gasteiger partial charge in [0.15, 0.2) is 0 Å². The second-order valence-electron chi connectivity index (χ2n) is 7.32. The van der Waals surface area contributed by atoms with Crippen molar-refractivity contribution >= 4 is 23.5 Å². The number of hydrogen-bond donors (Lipinski definition) is 2. The van der Waals surface area contributed by atoms with E-state index in [2.05, 4.69) is 31.4 Å². The average molecular weight is 317 g/mol. The molecule has 1 aromatic carbocycles. The van der Waals surface area contributed by atoms with Gasteiger partial charge in [-0.1, -0.05) is 32.9 Å². The number of nitrogens with one attached hydrogen (secondary N) is 2. The van der Waals surface area contributed by atoms with Gasteiger partial charge < -0.3 is 10.6 Å². The fourth-order valence-electron chi connectivity index (χ4n) is 2.36. The summed E-state index contributed by atoms with van der Waals surface area (Å²) in [6.45, 7) is 9.25. The molecule has 0 radical (unpaired) electrons. The summed E-state index contributed by atoms with van der Waals surface area (Å²) in [4.78, 5) is 36.8. The van der Waals surface area contributed by atoms with Gasteiger partial charge in [0.05, 0.1) is 0 Å². The molecule has 6 nitrogen and oxygen atoms in total. The maximum atomic E-state index is 12.1. The lowest BCUT2D eigenvalue weighted by Gasteiger charge is -2.19. The van der Waals surface area contributed by atoms with Gasteiger partial charge in [0.1, 0.15) is 12.1 Å². The molecule has 0 saturated carbocycles. The molecule has 0 aromatic heterocycles. The van der Waals surface area contributed by atoms with Crippen molar-refractivity contribution in [1.29, 1.82) is 0 Å². The molecular weight excluding hydrogens is 294 g/mol. The van der Waals surface area contributed by atoms with Crippen LogP contribution in [-0.2, 0) is 15.0 Å². The molecule has 1 aromatic rings. The van der Waals surface area contributed by atoms with Crippen molar-refractivity contribution in [2.45, 2.75) is 45.6 Å². The molecule has 23 heavy (non-hydrogen) atoms. The first-order chi connectivity index (χ1) is 10.5. The minimum atomic E-state index is -0.967. The van der Waals surface area contributed by atoms with Gasteiger partial charge in [-0.05, 0) is 37.0 Å². The molecule has 0 unspecified atom stereocenters. The van der Waals surface area contributed by atoms with E-state index in [9.17, 15) is 14.4 Å². The number of anilines is 1. The van der Waals surface area contributed by atoms with Gasteiger partial charge in [0.25, 0.3) is 5.91 Å². The fraction of sp³-hybridized carbons (Fsp3) is 0.471. The minimum absolute atomic E-state index is 0.0359. The second-order valence-corrected chi connectivity index (χ2v) is 7.32. The first-order valence-electron chi connectivity index (χ1n) is 7.55. The van der Waals surface area contributed by atoms with Gasteiger partial charge in [-0.15, -0.1) is 0 Å². The molecule has 2 N–H and O–H groups in total. The third-order valence-electron chi connectivity index (χ3n) is 3.78. The largest absolute Gasteiger partial charge is 0.325 e. The van der Waals surface area contributed by atoms with Crippen molar-refractivity contribution in [3.63, 3.8) is 0 Å². The Bertz CT molecular complexity index is 642. The van der Waals surface area contributed by atoms with E-state index in [0.717, 1.165) is 10.5 Å². The predicted molar refractivity (Wildman–Crippen MR) is 88.1 cm³/mol. The van der Waals surface area contributed by atoms with Crippen LogP contribution in [0.1, 0.15) is 40.2 Å². The maximum absolute atomic E-state index is 12.1. The number of carbonyl (C=O) groups excluding carboxylic acids is 3. The van der Waals surface area contributed by atoms with Gasteiger partial charge in [0, 0.05) is 5.69 Å². The van der Waals surface area contributed by atoms with Crippen LogP contribution in [0.2, 0.25) is 0 Å². The quantitative estimate of drug-likeness (QED) is 0.839. The monoisotopic (exact) mass is 317 g/mol. The fourth-order valence-corrected chi connectivity index (χ4v) is 2.36. The molecule has 1 aliphatic heterocycles. The van der Waals surface area contributed by atoms with Crippen molar-refractivity contribution in [2.24, 2.45) is 0 Å². The topological polar surface area (TPSA) is 78.5 Å². The highest BCUT2D eigenvalue weighted by Crippen LogP contribution is 2.23. The van der Waals surface area contributed by atoms with E-state index in [-0.39, 0.29) is 12.0 Å². The summed E-state index contributed by atoms with van der Waals surface area (Å²) in [6.07, 6.45) is 0. The third-order valence-corrected chi connectivity index (χ3v) is 3.78. The Morgan fingerprint density at radius 2 is 1.74 bits per heavy atom. The summed E-state index contributed by atoms with van der Waals surface area (Å²) in [5.41, 5.74) is 0.862. The van der Waals surface area contributed by atoms with Crippen molar-refractivity contribution in [3.05, 3.63) is 29.8 Å². The molecule has 2 rings (SSSR count). The molecule has 6 heteroatoms. The first kappa shape index (κ1) is 17.0. The summed E-state index contributed by atoms with van der Waals surface area (Å²) in [7, 11) is 0. The van der Waals surface area contributed by atoms with Crippen LogP contribution < -0.4 is 10.6 Å². The smallest absolute Gasteiger partial charge is 0.325 e. The molecule has 4 amide bonds. The van der Waals surface area contributed by atoms with Gasteiger partial charge in [0.2, 0.25) is 5.91 Å². The Labute approximate surface area is 136 Å². The van der Waals surface area contributed by atoms with Crippen LogP contribution in [0.5, 0.6) is 0 Å². The lowest BCUT2D eigenvalue weighted by Crippen LogP contribution is -2.41. The van der Waals surface area contributed by atoms with Crippen LogP contribution in [0.3, 0.4) is 0 Å². The van der Waals surface area contributed by atoms with Gasteiger partial charge in [-0.2, -0.15) is 0 Å². The molecule has 1 saturated heterocycles. The summed E-state index contributed by atoms with van der Waals surface area (Å²) in [5.74, 6) is -0.810. The van der Waals surface area contributed by atoms with Crippen LogP contribution >= 0.6 is 0 Å². The lowest BCUT2D eigenvalue weighted by molar-refractivity contribution is -0.132. The molecule has 0 aliphatic carbocycles. The van der Waals surface area contributed by atoms with Crippen LogP contribution in [0.15, 0.2) is 24.3 Å². The SMILES string of the molecule is CC1(C)NC(=O)N(CC(=O)Nc2ccc(C(C)(C)C)cc2)C1=O. The number of carbonyl (C=O) groups is 3. The summed E-state index contributed by atoms with van der Waals surface area (Å²) >= 11 is 0. The molecule has 1 heterocycles. The number of hydrogen-bond acceptors (Lipinski definition) is 3. The first-order valence-corrected chi connectivity index (χ1v) is 7.55. The Kier molecular flexibility index (Phi) is 4.20. The summed E-state index contributed by atoms with van der Waals surface area (Å²) in [5, 5.41) is 5.25. The average Bonchev–Trinajstić information content (AvgIpc) is 2.60. The van der Waals surface area contributed by atoms with E-state index in [1.807, 2.05) is 24.3 Å². The van der Waals surface area contributed by atoms with Crippen molar-refractivity contribution in [3.8, 4) is 0 Å². The Morgan fingerprint density at radius 1 is 1.17 bits per heavy atom. The van der Waals surface area contributed by atoms with Crippen molar-refractivity contribution in [1.82, 2.24) is 10.2 Å². The van der Waals surface area contributed by atoms with E-state index < -0.39 is 23.4 Å². The Balaban J connectivity index is 2.00. The number of benzene rings is 1. The van der Waals surface area contributed by atoms with Gasteiger partial charge >= 0.3 is 6.03 Å². The normalized spacial score (nSPS) is 17.2. The predicted octanol–water partition coefficient (Wildman–Crippen LogP) is 2.25. The van der Waals surface area contributed by atoms with E-state index in [1.54, 1.807) is 13.8 Å². The summed E-state index contributed by atoms with van der Waals surface area (Å²) < 4.78 is 0. The molecule has 124 valence electrons. The summed E-state index contributed by atoms with van der Waals surface area (Å²) in [6, 6.07) is 6.99. The zero-order valence-corrected chi connectivity index (χ0v) is 14.2. The standard InChI is InChI=1S/C17H23N3O3/c1-16(2,3)11-6-8-12(9-7-11)18-13(21)10-20-14(22)17(4,5)19-15(20)23/h6-9H,10H2,1-5H3,(H,18,21)(H,19,23). The number of imide groups is 1. The van der Waals surface area contributed by atoms with Crippen LogP contribution in [0.4, 0.5) is 10.5 Å². The number of urea groups is 1.